The smallest absolute Gasteiger partial charge is 0.127 e. The van der Waals surface area contributed by atoms with E-state index in [2.05, 4.69) is 0 Å². The van der Waals surface area contributed by atoms with Crippen molar-refractivity contribution in [2.24, 2.45) is 5.73 Å². The normalized spacial score (nSPS) is 11.9. The van der Waals surface area contributed by atoms with Crippen LogP contribution in [0.1, 0.15) is 50.4 Å². The molecule has 7 aromatic carbocycles. The summed E-state index contributed by atoms with van der Waals surface area (Å²) in [5, 5.41) is 0. The summed E-state index contributed by atoms with van der Waals surface area (Å²) in [7, 11) is 0. The summed E-state index contributed by atoms with van der Waals surface area (Å²) in [5.41, 5.74) is 0.789. The minimum Gasteiger partial charge on any atom is -0.326 e. The molecule has 0 aliphatic rings. The fourth-order valence-electron chi connectivity index (χ4n) is 8.36. The van der Waals surface area contributed by atoms with E-state index < -0.39 is 51.7 Å². The van der Waals surface area contributed by atoms with Crippen LogP contribution in [0, 0.1) is 34.9 Å². The van der Waals surface area contributed by atoms with Crippen molar-refractivity contribution in [1.82, 2.24) is 0 Å². The topological polar surface area (TPSA) is 26.0 Å². The molecule has 0 heterocycles. The minimum absolute atomic E-state index is 0.168. The first kappa shape index (κ1) is 35.5. The van der Waals surface area contributed by atoms with Crippen LogP contribution in [0.25, 0.3) is 0 Å². The number of nitrogens with two attached hydrogens (primary N) is 1. The van der Waals surface area contributed by atoms with Crippen LogP contribution in [-0.2, 0) is 17.4 Å². The van der Waals surface area contributed by atoms with Gasteiger partial charge in [-0.15, -0.1) is 0 Å². The van der Waals surface area contributed by atoms with Crippen LogP contribution in [0.15, 0.2) is 170 Å². The highest BCUT2D eigenvalue weighted by Gasteiger charge is 2.65. The van der Waals surface area contributed by atoms with E-state index in [0.717, 1.165) is 12.1 Å². The van der Waals surface area contributed by atoms with E-state index >= 15 is 26.3 Å². The van der Waals surface area contributed by atoms with Gasteiger partial charge in [0, 0.05) is 34.7 Å². The molecule has 0 spiro atoms. The molecular formula is C46H33F6N. The lowest BCUT2D eigenvalue weighted by Gasteiger charge is -2.57. The summed E-state index contributed by atoms with van der Waals surface area (Å²) in [6, 6.07) is 39.8. The fourth-order valence-corrected chi connectivity index (χ4v) is 8.36. The first-order valence-electron chi connectivity index (χ1n) is 17.1. The van der Waals surface area contributed by atoms with E-state index in [4.69, 9.17) is 5.73 Å². The summed E-state index contributed by atoms with van der Waals surface area (Å²) in [6.07, 6.45) is 0. The van der Waals surface area contributed by atoms with Crippen molar-refractivity contribution >= 4 is 0 Å². The summed E-state index contributed by atoms with van der Waals surface area (Å²) in [4.78, 5) is 0. The number of halogens is 6. The molecule has 53 heavy (non-hydrogen) atoms. The van der Waals surface area contributed by atoms with E-state index in [1.165, 1.54) is 133 Å². The Kier molecular flexibility index (Phi) is 9.78. The van der Waals surface area contributed by atoms with Gasteiger partial charge in [-0.05, 0) is 58.7 Å². The molecular weight excluding hydrogens is 681 g/mol. The first-order valence-corrected chi connectivity index (χ1v) is 17.1. The van der Waals surface area contributed by atoms with Crippen molar-refractivity contribution in [2.45, 2.75) is 23.3 Å². The fraction of sp³-hybridized carbons (Fsp3) is 0.0870. The zero-order chi connectivity index (χ0) is 37.2. The van der Waals surface area contributed by atoms with Gasteiger partial charge in [-0.1, -0.05) is 133 Å². The van der Waals surface area contributed by atoms with Crippen LogP contribution in [-0.4, -0.2) is 0 Å². The molecule has 0 aliphatic carbocycles. The SMILES string of the molecule is NCc1ccccc1C(c1ccccc1F)(c1ccccc1F)C(c1ccccc1F)(c1ccccc1F)C(c1ccccc1F)c1ccccc1F. The van der Waals surface area contributed by atoms with Crippen LogP contribution in [0.4, 0.5) is 26.3 Å². The van der Waals surface area contributed by atoms with Gasteiger partial charge in [-0.25, -0.2) is 26.3 Å². The second-order valence-electron chi connectivity index (χ2n) is 12.8. The molecule has 0 aliphatic heterocycles. The van der Waals surface area contributed by atoms with Crippen LogP contribution in [0.2, 0.25) is 0 Å². The maximum absolute atomic E-state index is 17.4. The maximum atomic E-state index is 17.4. The molecule has 0 radical (unpaired) electrons. The lowest BCUT2D eigenvalue weighted by molar-refractivity contribution is 0.276. The van der Waals surface area contributed by atoms with Gasteiger partial charge in [0.2, 0.25) is 0 Å². The molecule has 0 bridgehead atoms. The molecule has 0 fully saturated rings. The van der Waals surface area contributed by atoms with Crippen molar-refractivity contribution in [3.05, 3.63) is 249 Å². The number of rotatable bonds is 10. The molecule has 0 saturated carbocycles. The van der Waals surface area contributed by atoms with Gasteiger partial charge in [-0.3, -0.25) is 0 Å². The first-order chi connectivity index (χ1) is 25.8. The Labute approximate surface area is 304 Å². The predicted octanol–water partition coefficient (Wildman–Crippen LogP) is 11.1. The molecule has 7 heteroatoms. The Bertz CT molecular complexity index is 2270. The molecule has 7 rings (SSSR count). The predicted molar refractivity (Wildman–Crippen MR) is 195 cm³/mol. The third-order valence-corrected chi connectivity index (χ3v) is 10.3. The highest BCUT2D eigenvalue weighted by atomic mass is 19.1. The third kappa shape index (κ3) is 5.63. The second kappa shape index (κ2) is 14.6. The lowest BCUT2D eigenvalue weighted by Crippen LogP contribution is -2.58. The van der Waals surface area contributed by atoms with E-state index in [1.54, 1.807) is 24.3 Å². The Morgan fingerprint density at radius 3 is 1.02 bits per heavy atom. The van der Waals surface area contributed by atoms with Gasteiger partial charge in [0.1, 0.15) is 34.9 Å². The van der Waals surface area contributed by atoms with Crippen LogP contribution in [0.3, 0.4) is 0 Å². The van der Waals surface area contributed by atoms with E-state index in [0.29, 0.717) is 5.56 Å². The van der Waals surface area contributed by atoms with Crippen LogP contribution >= 0.6 is 0 Å². The largest absolute Gasteiger partial charge is 0.326 e. The van der Waals surface area contributed by atoms with Gasteiger partial charge < -0.3 is 5.73 Å². The van der Waals surface area contributed by atoms with Crippen LogP contribution < -0.4 is 5.73 Å². The van der Waals surface area contributed by atoms with E-state index in [1.807, 2.05) is 0 Å². The van der Waals surface area contributed by atoms with Crippen molar-refractivity contribution < 1.29 is 26.3 Å². The van der Waals surface area contributed by atoms with Gasteiger partial charge in [0.05, 0.1) is 10.8 Å². The Morgan fingerprint density at radius 2 is 0.660 bits per heavy atom. The van der Waals surface area contributed by atoms with Crippen molar-refractivity contribution in [2.75, 3.05) is 0 Å². The Hall–Kier alpha value is -5.92. The van der Waals surface area contributed by atoms with Gasteiger partial charge in [0.25, 0.3) is 0 Å². The molecule has 1 nitrogen and oxygen atoms in total. The highest BCUT2D eigenvalue weighted by Crippen LogP contribution is 2.66. The Morgan fingerprint density at radius 1 is 0.358 bits per heavy atom. The average Bonchev–Trinajstić information content (AvgIpc) is 3.17. The lowest BCUT2D eigenvalue weighted by atomic mass is 9.43. The Balaban J connectivity index is 1.95. The zero-order valence-corrected chi connectivity index (χ0v) is 28.3. The quantitative estimate of drug-likeness (QED) is 0.111. The summed E-state index contributed by atoms with van der Waals surface area (Å²) in [5.74, 6) is -6.92. The van der Waals surface area contributed by atoms with Crippen molar-refractivity contribution in [1.29, 1.82) is 0 Å². The molecule has 0 saturated heterocycles. The zero-order valence-electron chi connectivity index (χ0n) is 28.3. The van der Waals surface area contributed by atoms with Crippen molar-refractivity contribution in [3.8, 4) is 0 Å². The number of benzene rings is 7. The van der Waals surface area contributed by atoms with E-state index in [-0.39, 0.29) is 45.5 Å². The average molecular weight is 714 g/mol. The molecule has 0 amide bonds. The van der Waals surface area contributed by atoms with Crippen LogP contribution in [0.5, 0.6) is 0 Å². The molecule has 0 aromatic heterocycles. The van der Waals surface area contributed by atoms with Gasteiger partial charge >= 0.3 is 0 Å². The molecule has 7 aromatic rings. The maximum Gasteiger partial charge on any atom is 0.127 e. The third-order valence-electron chi connectivity index (χ3n) is 10.3. The van der Waals surface area contributed by atoms with Gasteiger partial charge in [-0.2, -0.15) is 0 Å². The number of hydrogen-bond donors (Lipinski definition) is 1. The van der Waals surface area contributed by atoms with Gasteiger partial charge in [0.15, 0.2) is 0 Å². The summed E-state index contributed by atoms with van der Waals surface area (Å²) >= 11 is 0. The molecule has 0 unspecified atom stereocenters. The molecule has 264 valence electrons. The van der Waals surface area contributed by atoms with E-state index in [9.17, 15) is 0 Å². The second-order valence-corrected chi connectivity index (χ2v) is 12.8. The standard InChI is InChI=1S/C46H33F6N/c47-38-23-9-2-16-31(38)44(32-17-3-10-24-39(32)48)46(36-21-7-13-27-42(36)51,37-22-8-14-28-43(37)52)45(34-19-5-11-25-40(34)49,35-20-6-12-26-41(35)50)33-18-4-1-15-30(33)29-53/h1-28,44H,29,53H2. The molecule has 0 atom stereocenters. The summed E-state index contributed by atoms with van der Waals surface area (Å²) in [6.45, 7) is -0.171. The molecule has 2 N–H and O–H groups in total. The van der Waals surface area contributed by atoms with Crippen molar-refractivity contribution in [3.63, 3.8) is 0 Å². The summed E-state index contributed by atoms with van der Waals surface area (Å²) < 4.78 is 103. The monoisotopic (exact) mass is 713 g/mol. The minimum atomic E-state index is -2.50. The number of hydrogen-bond acceptors (Lipinski definition) is 1. The highest BCUT2D eigenvalue weighted by molar-refractivity contribution is 5.68.